The van der Waals surface area contributed by atoms with Crippen molar-refractivity contribution in [1.82, 2.24) is 25.4 Å². The summed E-state index contributed by atoms with van der Waals surface area (Å²) in [7, 11) is 0. The number of carbonyl (C=O) groups is 3. The smallest absolute Gasteiger partial charge is 0.408 e. The van der Waals surface area contributed by atoms with Crippen LogP contribution in [0.4, 0.5) is 15.3 Å². The first-order valence-corrected chi connectivity index (χ1v) is 24.8. The second-order valence-electron chi connectivity index (χ2n) is 18.8. The number of fused-ring (bicyclic) bond motifs is 4. The van der Waals surface area contributed by atoms with E-state index in [4.69, 9.17) is 14.2 Å². The Hall–Kier alpha value is -7.20. The van der Waals surface area contributed by atoms with Crippen LogP contribution in [0.25, 0.3) is 10.9 Å². The largest absolute Gasteiger partial charge is 0.506 e. The minimum Gasteiger partial charge on any atom is -0.506 e. The topological polar surface area (TPSA) is 195 Å². The molecule has 71 heavy (non-hydrogen) atoms. The summed E-state index contributed by atoms with van der Waals surface area (Å²) in [5.41, 5.74) is 5.12. The Kier molecular flexibility index (Phi) is 15.9. The first-order chi connectivity index (χ1) is 34.6. The van der Waals surface area contributed by atoms with Gasteiger partial charge >= 0.3 is 18.1 Å². The normalized spacial score (nSPS) is 18.5. The fourth-order valence-corrected chi connectivity index (χ4v) is 10.1. The van der Waals surface area contributed by atoms with Gasteiger partial charge in [0, 0.05) is 42.8 Å². The van der Waals surface area contributed by atoms with E-state index in [0.29, 0.717) is 40.4 Å². The van der Waals surface area contributed by atoms with E-state index in [2.05, 4.69) is 25.8 Å². The van der Waals surface area contributed by atoms with Crippen molar-refractivity contribution in [2.75, 3.05) is 44.6 Å². The zero-order valence-corrected chi connectivity index (χ0v) is 39.8. The summed E-state index contributed by atoms with van der Waals surface area (Å²) in [6.45, 7) is 4.14. The second-order valence-corrected chi connectivity index (χ2v) is 18.8. The molecular weight excluding hydrogens is 901 g/mol. The molecule has 370 valence electrons. The molecule has 6 N–H and O–H groups in total. The van der Waals surface area contributed by atoms with Crippen molar-refractivity contribution < 1.29 is 38.8 Å². The highest BCUT2D eigenvalue weighted by Gasteiger charge is 2.37. The van der Waals surface area contributed by atoms with Crippen molar-refractivity contribution in [3.63, 3.8) is 0 Å². The van der Waals surface area contributed by atoms with E-state index >= 15 is 0 Å². The maximum atomic E-state index is 13.8. The zero-order chi connectivity index (χ0) is 49.1. The number of esters is 1. The molecule has 15 nitrogen and oxygen atoms in total. The molecular formula is C56H62N6O9. The van der Waals surface area contributed by atoms with E-state index in [1.54, 1.807) is 29.2 Å². The maximum Gasteiger partial charge on any atom is 0.408 e. The van der Waals surface area contributed by atoms with Crippen LogP contribution < -0.4 is 26.2 Å². The molecule has 10 rings (SSSR count). The van der Waals surface area contributed by atoms with Gasteiger partial charge in [-0.2, -0.15) is 0 Å². The fourth-order valence-electron chi connectivity index (χ4n) is 10.1. The molecule has 15 heteroatoms. The summed E-state index contributed by atoms with van der Waals surface area (Å²) in [6, 6.07) is 37.4. The predicted octanol–water partition coefficient (Wildman–Crippen LogP) is 8.57. The van der Waals surface area contributed by atoms with Gasteiger partial charge in [0.25, 0.3) is 0 Å². The van der Waals surface area contributed by atoms with Gasteiger partial charge in [0.05, 0.1) is 29.8 Å². The number of piperidine rings is 3. The van der Waals surface area contributed by atoms with Gasteiger partial charge in [-0.1, -0.05) is 92.1 Å². The first kappa shape index (κ1) is 48.8. The van der Waals surface area contributed by atoms with Crippen LogP contribution in [0.1, 0.15) is 95.3 Å². The minimum atomic E-state index is -0.890. The number of urea groups is 1. The third-order valence-electron chi connectivity index (χ3n) is 14.0. The molecule has 3 aliphatic heterocycles. The quantitative estimate of drug-likeness (QED) is 0.0452. The highest BCUT2D eigenvalue weighted by Crippen LogP contribution is 2.32. The summed E-state index contributed by atoms with van der Waals surface area (Å²) in [5, 5.41) is 31.1. The van der Waals surface area contributed by atoms with Crippen LogP contribution in [-0.2, 0) is 22.6 Å². The number of anilines is 1. The summed E-state index contributed by atoms with van der Waals surface area (Å²) in [4.78, 5) is 58.9. The molecule has 5 aromatic carbocycles. The lowest BCUT2D eigenvalue weighted by atomic mass is 9.86. The molecule has 1 aliphatic carbocycles. The highest BCUT2D eigenvalue weighted by atomic mass is 16.6. The molecule has 1 aromatic heterocycles. The summed E-state index contributed by atoms with van der Waals surface area (Å²) >= 11 is 0. The van der Waals surface area contributed by atoms with Crippen LogP contribution in [0.15, 0.2) is 132 Å². The molecule has 6 aromatic rings. The number of benzene rings is 5. The van der Waals surface area contributed by atoms with Gasteiger partial charge in [-0.3, -0.25) is 9.69 Å². The van der Waals surface area contributed by atoms with Gasteiger partial charge in [-0.15, -0.1) is 0 Å². The summed E-state index contributed by atoms with van der Waals surface area (Å²) in [6.07, 6.45) is 5.61. The number of phenolic OH excluding ortho intramolecular Hbond substituents is 1. The Bertz CT molecular complexity index is 2810. The number of alkyl carbamates (subject to hydrolysis) is 1. The Morgan fingerprint density at radius 2 is 1.55 bits per heavy atom. The van der Waals surface area contributed by atoms with Crippen molar-refractivity contribution in [3.8, 4) is 11.5 Å². The lowest BCUT2D eigenvalue weighted by Crippen LogP contribution is -2.52. The minimum absolute atomic E-state index is 0.0279. The lowest BCUT2D eigenvalue weighted by Gasteiger charge is -2.43. The van der Waals surface area contributed by atoms with Crippen LogP contribution in [0.2, 0.25) is 0 Å². The van der Waals surface area contributed by atoms with Crippen molar-refractivity contribution in [1.29, 1.82) is 0 Å². The highest BCUT2D eigenvalue weighted by molar-refractivity contribution is 5.90. The number of ether oxygens (including phenoxy) is 3. The molecule has 4 aliphatic rings. The molecule has 4 heterocycles. The number of phenols is 1. The van der Waals surface area contributed by atoms with Gasteiger partial charge in [0.1, 0.15) is 30.8 Å². The molecule has 1 saturated carbocycles. The van der Waals surface area contributed by atoms with E-state index in [1.807, 2.05) is 91.0 Å². The number of aromatic amines is 1. The maximum absolute atomic E-state index is 13.8. The van der Waals surface area contributed by atoms with Gasteiger partial charge in [-0.25, -0.2) is 14.4 Å². The summed E-state index contributed by atoms with van der Waals surface area (Å²) in [5.74, 6) is 0.491. The zero-order valence-electron chi connectivity index (χ0n) is 39.8. The van der Waals surface area contributed by atoms with Crippen molar-refractivity contribution in [2.24, 2.45) is 5.92 Å². The Labute approximate surface area is 413 Å². The van der Waals surface area contributed by atoms with E-state index in [0.717, 1.165) is 86.8 Å². The molecule has 3 saturated heterocycles. The number of rotatable bonds is 18. The predicted molar refractivity (Wildman–Crippen MR) is 270 cm³/mol. The molecule has 0 spiro atoms. The second kappa shape index (κ2) is 23.1. The molecule has 0 radical (unpaired) electrons. The number of aliphatic hydroxyl groups excluding tert-OH is 1. The van der Waals surface area contributed by atoms with Crippen LogP contribution in [0.3, 0.4) is 0 Å². The average Bonchev–Trinajstić information content (AvgIpc) is 3.40. The third kappa shape index (κ3) is 12.6. The number of nitrogens with one attached hydrogen (secondary N) is 4. The number of nitrogens with zero attached hydrogens (tertiary/aromatic N) is 2. The number of carbonyl (C=O) groups excluding carboxylic acids is 3. The molecule has 3 amide bonds. The SMILES string of the molecule is O=C(NC(c1ccccc1)c1cccc(OCc2ccc(C(=O)OCCN(C(=O)Nc3ccc(CNCC(O)c4ccc(O)c5[nH]c(=O)ccc45)cc3)C3CCCCC3)cc2)c1)OC1CN2CCC1CC2. The van der Waals surface area contributed by atoms with E-state index in [1.165, 1.54) is 12.1 Å². The standard InChI is InChI=1S/C56H62N6O9/c63-48-24-22-46(47-23-25-51(65)59-53(47)48)49(64)34-57-33-37-16-20-43(21-17-37)58-55(67)62(44-11-5-2-6-12-44)30-31-69-54(66)41-18-14-38(15-19-41)36-70-45-13-7-10-42(32-45)52(40-8-3-1-4-9-40)60-56(68)71-50-35-61-28-26-39(50)27-29-61/h1,3-4,7-10,13-25,32,39,44,49-50,52,57,63-64H,2,5-6,11-12,26-31,33-36H2,(H,58,67)(H,59,65)(H,60,68). The van der Waals surface area contributed by atoms with Crippen LogP contribution in [0, 0.1) is 5.92 Å². The number of aliphatic hydroxyl groups is 1. The Balaban J connectivity index is 0.743. The Morgan fingerprint density at radius 1 is 0.803 bits per heavy atom. The average molecular weight is 963 g/mol. The molecule has 4 fully saturated rings. The van der Waals surface area contributed by atoms with Crippen LogP contribution in [-0.4, -0.2) is 94.6 Å². The van der Waals surface area contributed by atoms with E-state index in [9.17, 15) is 29.4 Å². The number of aromatic nitrogens is 1. The van der Waals surface area contributed by atoms with Gasteiger partial charge in [0.2, 0.25) is 5.56 Å². The van der Waals surface area contributed by atoms with Gasteiger partial charge in [0.15, 0.2) is 0 Å². The van der Waals surface area contributed by atoms with E-state index < -0.39 is 24.2 Å². The van der Waals surface area contributed by atoms with E-state index in [-0.39, 0.29) is 61.3 Å². The van der Waals surface area contributed by atoms with Crippen molar-refractivity contribution >= 4 is 34.7 Å². The molecule has 2 bridgehead atoms. The van der Waals surface area contributed by atoms with Crippen molar-refractivity contribution in [3.05, 3.63) is 171 Å². The number of H-pyrrole nitrogens is 1. The van der Waals surface area contributed by atoms with Gasteiger partial charge < -0.3 is 50.3 Å². The number of amides is 3. The third-order valence-corrected chi connectivity index (χ3v) is 14.0. The lowest BCUT2D eigenvalue weighted by molar-refractivity contribution is -0.0336. The first-order valence-electron chi connectivity index (χ1n) is 24.8. The van der Waals surface area contributed by atoms with Gasteiger partial charge in [-0.05, 0) is 121 Å². The van der Waals surface area contributed by atoms with Crippen LogP contribution in [0.5, 0.6) is 11.5 Å². The van der Waals surface area contributed by atoms with Crippen molar-refractivity contribution in [2.45, 2.75) is 82.4 Å². The number of hydrogen-bond donors (Lipinski definition) is 6. The molecule has 3 unspecified atom stereocenters. The monoisotopic (exact) mass is 962 g/mol. The number of hydrogen-bond acceptors (Lipinski definition) is 11. The fraction of sp³-hybridized carbons (Fsp3) is 0.357. The van der Waals surface area contributed by atoms with Crippen LogP contribution >= 0.6 is 0 Å². The summed E-state index contributed by atoms with van der Waals surface area (Å²) < 4.78 is 17.9. The molecule has 3 atom stereocenters. The number of pyridine rings is 1. The Morgan fingerprint density at radius 3 is 2.30 bits per heavy atom. The number of aromatic hydroxyl groups is 1.